The lowest BCUT2D eigenvalue weighted by molar-refractivity contribution is -0.393. The van der Waals surface area contributed by atoms with Crippen LogP contribution in [0.5, 0.6) is 0 Å². The van der Waals surface area contributed by atoms with Gasteiger partial charge in [0.2, 0.25) is 0 Å². The van der Waals surface area contributed by atoms with E-state index < -0.39 is 44.9 Å². The molecule has 0 aliphatic rings. The van der Waals surface area contributed by atoms with Gasteiger partial charge in [0.1, 0.15) is 11.8 Å². The van der Waals surface area contributed by atoms with E-state index in [1.165, 1.54) is 24.3 Å². The molecule has 2 aromatic carbocycles. The number of aliphatic hydroxyl groups excluding tert-OH is 2. The first-order valence-corrected chi connectivity index (χ1v) is 7.47. The maximum Gasteiger partial charge on any atom is 0.299 e. The van der Waals surface area contributed by atoms with Crippen LogP contribution < -0.4 is 5.32 Å². The summed E-state index contributed by atoms with van der Waals surface area (Å²) in [7, 11) is 0. The molecular weight excluding hydrogens is 364 g/mol. The van der Waals surface area contributed by atoms with Gasteiger partial charge >= 0.3 is 0 Å². The quantitative estimate of drug-likeness (QED) is 0.456. The highest BCUT2D eigenvalue weighted by atomic mass is 16.6. The summed E-state index contributed by atoms with van der Waals surface area (Å²) in [5.74, 6) is 0. The van der Waals surface area contributed by atoms with Gasteiger partial charge in [-0.15, -0.1) is 0 Å². The molecule has 2 rings (SSSR count). The molecule has 0 aromatic heterocycles. The Hall–Kier alpha value is -3.64. The van der Waals surface area contributed by atoms with Crippen LogP contribution in [0.15, 0.2) is 42.5 Å². The number of aliphatic hydroxyl groups is 2. The Bertz CT molecular complexity index is 871. The Morgan fingerprint density at radius 1 is 0.889 bits per heavy atom. The van der Waals surface area contributed by atoms with Gasteiger partial charge in [0.25, 0.3) is 17.1 Å². The molecule has 0 aliphatic carbocycles. The van der Waals surface area contributed by atoms with Crippen molar-refractivity contribution in [2.75, 3.05) is 11.9 Å². The van der Waals surface area contributed by atoms with Gasteiger partial charge in [-0.1, -0.05) is 0 Å². The molecule has 0 spiro atoms. The summed E-state index contributed by atoms with van der Waals surface area (Å²) in [5.41, 5.74) is -1.17. The summed E-state index contributed by atoms with van der Waals surface area (Å²) in [5, 5.41) is 55.1. The number of nitro groups is 3. The lowest BCUT2D eigenvalue weighted by Crippen LogP contribution is -2.31. The van der Waals surface area contributed by atoms with Crippen LogP contribution in [0.25, 0.3) is 0 Å². The number of nitrogens with zero attached hydrogens (tertiary/aromatic N) is 3. The molecule has 27 heavy (non-hydrogen) atoms. The minimum absolute atomic E-state index is 0.134. The van der Waals surface area contributed by atoms with Crippen molar-refractivity contribution in [3.63, 3.8) is 0 Å². The van der Waals surface area contributed by atoms with Crippen LogP contribution in [-0.2, 0) is 0 Å². The van der Waals surface area contributed by atoms with Crippen molar-refractivity contribution in [3.05, 3.63) is 78.4 Å². The standard InChI is InChI=1S/C15H14N4O8/c20-8-13(15(21)9-1-3-10(4-2-9)17(22)23)16-12-6-5-11(18(24)25)7-14(12)19(26)27/h1-7,13,15-16,20-21H,8H2/t13-,15+/m0/s1. The predicted molar refractivity (Wildman–Crippen MR) is 92.3 cm³/mol. The van der Waals surface area contributed by atoms with E-state index >= 15 is 0 Å². The SMILES string of the molecule is O=[N+]([O-])c1ccc([C@@H](O)[C@H](CO)Nc2ccc([N+](=O)[O-])cc2[N+](=O)[O-])cc1. The second kappa shape index (κ2) is 8.16. The average molecular weight is 378 g/mol. The van der Waals surface area contributed by atoms with Crippen molar-refractivity contribution >= 4 is 22.7 Å². The second-order valence-corrected chi connectivity index (χ2v) is 5.44. The van der Waals surface area contributed by atoms with E-state index in [-0.39, 0.29) is 16.9 Å². The number of benzene rings is 2. The van der Waals surface area contributed by atoms with Gasteiger partial charge in [-0.3, -0.25) is 30.3 Å². The minimum Gasteiger partial charge on any atom is -0.394 e. The molecule has 12 nitrogen and oxygen atoms in total. The fourth-order valence-corrected chi connectivity index (χ4v) is 2.36. The molecule has 0 fully saturated rings. The summed E-state index contributed by atoms with van der Waals surface area (Å²) in [4.78, 5) is 30.4. The number of nitro benzene ring substituents is 3. The molecule has 2 atom stereocenters. The largest absolute Gasteiger partial charge is 0.394 e. The van der Waals surface area contributed by atoms with Crippen LogP contribution in [0.1, 0.15) is 11.7 Å². The molecule has 0 heterocycles. The van der Waals surface area contributed by atoms with Gasteiger partial charge < -0.3 is 15.5 Å². The second-order valence-electron chi connectivity index (χ2n) is 5.44. The van der Waals surface area contributed by atoms with Gasteiger partial charge in [0, 0.05) is 18.2 Å². The van der Waals surface area contributed by atoms with E-state index in [1.807, 2.05) is 0 Å². The molecule has 0 bridgehead atoms. The van der Waals surface area contributed by atoms with Gasteiger partial charge in [0.15, 0.2) is 0 Å². The zero-order valence-corrected chi connectivity index (χ0v) is 13.6. The zero-order chi connectivity index (χ0) is 20.1. The molecule has 142 valence electrons. The minimum atomic E-state index is -1.36. The molecule has 0 amide bonds. The Labute approximate surface area is 151 Å². The van der Waals surface area contributed by atoms with Crippen LogP contribution in [0, 0.1) is 30.3 Å². The van der Waals surface area contributed by atoms with Crippen molar-refractivity contribution < 1.29 is 25.0 Å². The molecule has 2 aromatic rings. The summed E-state index contributed by atoms with van der Waals surface area (Å²) in [6, 6.07) is 6.71. The highest BCUT2D eigenvalue weighted by Crippen LogP contribution is 2.31. The van der Waals surface area contributed by atoms with E-state index in [1.54, 1.807) is 0 Å². The summed E-state index contributed by atoms with van der Waals surface area (Å²) >= 11 is 0. The zero-order valence-electron chi connectivity index (χ0n) is 13.6. The van der Waals surface area contributed by atoms with Crippen molar-refractivity contribution in [2.45, 2.75) is 12.1 Å². The highest BCUT2D eigenvalue weighted by molar-refractivity contribution is 5.65. The fraction of sp³-hybridized carbons (Fsp3) is 0.200. The maximum atomic E-state index is 11.2. The monoisotopic (exact) mass is 378 g/mol. The van der Waals surface area contributed by atoms with E-state index in [4.69, 9.17) is 0 Å². The Morgan fingerprint density at radius 2 is 1.44 bits per heavy atom. The van der Waals surface area contributed by atoms with Gasteiger partial charge in [0.05, 0.1) is 33.5 Å². The number of nitrogens with one attached hydrogen (secondary N) is 1. The predicted octanol–water partition coefficient (Wildman–Crippen LogP) is 1.92. The van der Waals surface area contributed by atoms with Crippen LogP contribution in [-0.4, -0.2) is 37.6 Å². The van der Waals surface area contributed by atoms with Crippen LogP contribution in [0.4, 0.5) is 22.7 Å². The van der Waals surface area contributed by atoms with Crippen LogP contribution in [0.3, 0.4) is 0 Å². The van der Waals surface area contributed by atoms with Crippen molar-refractivity contribution in [2.24, 2.45) is 0 Å². The molecule has 0 unspecified atom stereocenters. The Kier molecular flexibility index (Phi) is 5.95. The van der Waals surface area contributed by atoms with Crippen LogP contribution in [0.2, 0.25) is 0 Å². The summed E-state index contributed by atoms with van der Waals surface area (Å²) < 4.78 is 0. The van der Waals surface area contributed by atoms with Gasteiger partial charge in [-0.2, -0.15) is 0 Å². The maximum absolute atomic E-state index is 11.2. The molecule has 0 radical (unpaired) electrons. The van der Waals surface area contributed by atoms with Gasteiger partial charge in [-0.05, 0) is 23.8 Å². The number of rotatable bonds is 8. The number of hydrogen-bond acceptors (Lipinski definition) is 9. The molecule has 0 saturated carbocycles. The Morgan fingerprint density at radius 3 is 1.93 bits per heavy atom. The third kappa shape index (κ3) is 4.50. The highest BCUT2D eigenvalue weighted by Gasteiger charge is 2.26. The number of non-ortho nitro benzene ring substituents is 2. The first kappa shape index (κ1) is 19.7. The summed E-state index contributed by atoms with van der Waals surface area (Å²) in [6.07, 6.45) is -1.36. The average Bonchev–Trinajstić information content (AvgIpc) is 2.65. The van der Waals surface area contributed by atoms with E-state index in [2.05, 4.69) is 5.32 Å². The van der Waals surface area contributed by atoms with E-state index in [0.717, 1.165) is 18.2 Å². The van der Waals surface area contributed by atoms with Crippen molar-refractivity contribution in [1.82, 2.24) is 0 Å². The van der Waals surface area contributed by atoms with Crippen molar-refractivity contribution in [3.8, 4) is 0 Å². The Balaban J connectivity index is 2.29. The molecular formula is C15H14N4O8. The lowest BCUT2D eigenvalue weighted by Gasteiger charge is -2.23. The fourth-order valence-electron chi connectivity index (χ4n) is 2.36. The topological polar surface area (TPSA) is 182 Å². The van der Waals surface area contributed by atoms with Crippen LogP contribution >= 0.6 is 0 Å². The third-order valence-corrected chi connectivity index (χ3v) is 3.75. The smallest absolute Gasteiger partial charge is 0.299 e. The lowest BCUT2D eigenvalue weighted by atomic mass is 10.0. The molecule has 12 heteroatoms. The number of hydrogen-bond donors (Lipinski definition) is 3. The van der Waals surface area contributed by atoms with E-state index in [9.17, 15) is 40.6 Å². The van der Waals surface area contributed by atoms with Gasteiger partial charge in [-0.25, -0.2) is 0 Å². The van der Waals surface area contributed by atoms with E-state index in [0.29, 0.717) is 0 Å². The molecule has 0 aliphatic heterocycles. The molecule has 0 saturated heterocycles. The normalized spacial score (nSPS) is 12.8. The first-order valence-electron chi connectivity index (χ1n) is 7.47. The summed E-state index contributed by atoms with van der Waals surface area (Å²) in [6.45, 7) is -0.633. The van der Waals surface area contributed by atoms with Crippen molar-refractivity contribution in [1.29, 1.82) is 0 Å². The molecule has 3 N–H and O–H groups in total. The first-order chi connectivity index (χ1) is 12.7. The third-order valence-electron chi connectivity index (χ3n) is 3.75. The number of anilines is 1.